The fraction of sp³-hybridized carbons (Fsp3) is 0.250. The molecule has 1 aromatic heterocycles. The van der Waals surface area contributed by atoms with E-state index in [2.05, 4.69) is 10.1 Å². The molecule has 0 N–H and O–H groups in total. The molecule has 2 aromatic carbocycles. The lowest BCUT2D eigenvalue weighted by atomic mass is 10.2. The minimum Gasteiger partial charge on any atom is -0.497 e. The van der Waals surface area contributed by atoms with E-state index in [1.54, 1.807) is 63.7 Å². The lowest BCUT2D eigenvalue weighted by Crippen LogP contribution is -2.31. The molecule has 0 bridgehead atoms. The lowest BCUT2D eigenvalue weighted by molar-refractivity contribution is -0.132. The Morgan fingerprint density at radius 2 is 1.97 bits per heavy atom. The van der Waals surface area contributed by atoms with Crippen molar-refractivity contribution in [3.05, 3.63) is 53.4 Å². The molecule has 3 rings (SSSR count). The number of nitrogens with zero attached hydrogens (tertiary/aromatic N) is 3. The summed E-state index contributed by atoms with van der Waals surface area (Å²) < 4.78 is 21.3. The number of rotatable bonds is 8. The first-order chi connectivity index (χ1) is 14.0. The van der Waals surface area contributed by atoms with Gasteiger partial charge in [0, 0.05) is 18.1 Å². The van der Waals surface area contributed by atoms with Gasteiger partial charge in [0.05, 0.1) is 26.3 Å². The smallest absolute Gasteiger partial charge is 0.260 e. The second-order valence-electron chi connectivity index (χ2n) is 6.07. The molecule has 152 valence electrons. The van der Waals surface area contributed by atoms with E-state index in [0.717, 1.165) is 0 Å². The summed E-state index contributed by atoms with van der Waals surface area (Å²) in [5, 5.41) is 4.51. The fourth-order valence-corrected chi connectivity index (χ4v) is 2.70. The van der Waals surface area contributed by atoms with Crippen LogP contribution in [0.15, 0.2) is 47.0 Å². The quantitative estimate of drug-likeness (QED) is 0.554. The Balaban J connectivity index is 1.62. The Bertz CT molecular complexity index is 992. The van der Waals surface area contributed by atoms with Crippen LogP contribution in [0.2, 0.25) is 5.02 Å². The van der Waals surface area contributed by atoms with Crippen molar-refractivity contribution in [1.82, 2.24) is 15.0 Å². The molecule has 0 aliphatic rings. The van der Waals surface area contributed by atoms with Gasteiger partial charge in [-0.2, -0.15) is 4.98 Å². The van der Waals surface area contributed by atoms with Gasteiger partial charge in [-0.05, 0) is 30.3 Å². The molecule has 0 saturated heterocycles. The molecule has 1 amide bonds. The first-order valence-electron chi connectivity index (χ1n) is 8.67. The second-order valence-corrected chi connectivity index (χ2v) is 6.51. The van der Waals surface area contributed by atoms with Crippen LogP contribution in [0.4, 0.5) is 0 Å². The van der Waals surface area contributed by atoms with Crippen molar-refractivity contribution in [2.24, 2.45) is 0 Å². The third-order valence-electron chi connectivity index (χ3n) is 4.07. The number of amides is 1. The van der Waals surface area contributed by atoms with Crippen LogP contribution in [0.1, 0.15) is 5.89 Å². The third-order valence-corrected chi connectivity index (χ3v) is 4.31. The van der Waals surface area contributed by atoms with E-state index in [4.69, 9.17) is 30.3 Å². The molecule has 9 heteroatoms. The van der Waals surface area contributed by atoms with Crippen LogP contribution < -0.4 is 14.2 Å². The van der Waals surface area contributed by atoms with Gasteiger partial charge in [0.1, 0.15) is 17.2 Å². The van der Waals surface area contributed by atoms with E-state index in [-0.39, 0.29) is 24.9 Å². The van der Waals surface area contributed by atoms with Crippen molar-refractivity contribution in [3.8, 4) is 28.6 Å². The van der Waals surface area contributed by atoms with Crippen LogP contribution in [-0.2, 0) is 11.3 Å². The number of ether oxygens (including phenoxy) is 3. The number of hydrogen-bond acceptors (Lipinski definition) is 7. The SMILES string of the molecule is COc1ccc(-c2noc(CN(C)C(=O)COc3cccc(Cl)c3)n2)c(OC)c1. The van der Waals surface area contributed by atoms with Gasteiger partial charge in [0.2, 0.25) is 11.7 Å². The van der Waals surface area contributed by atoms with Crippen molar-refractivity contribution in [1.29, 1.82) is 0 Å². The summed E-state index contributed by atoms with van der Waals surface area (Å²) in [5.41, 5.74) is 0.654. The Morgan fingerprint density at radius 3 is 2.69 bits per heavy atom. The maximum Gasteiger partial charge on any atom is 0.260 e. The number of methoxy groups -OCH3 is 2. The highest BCUT2D eigenvalue weighted by Crippen LogP contribution is 2.31. The summed E-state index contributed by atoms with van der Waals surface area (Å²) in [7, 11) is 4.75. The molecule has 8 nitrogen and oxygen atoms in total. The summed E-state index contributed by atoms with van der Waals surface area (Å²) in [4.78, 5) is 18.1. The molecule has 0 fully saturated rings. The van der Waals surface area contributed by atoms with Crippen LogP contribution in [0.25, 0.3) is 11.4 Å². The van der Waals surface area contributed by atoms with Gasteiger partial charge in [0.25, 0.3) is 5.91 Å². The highest BCUT2D eigenvalue weighted by molar-refractivity contribution is 6.30. The van der Waals surface area contributed by atoms with Crippen LogP contribution in [0.3, 0.4) is 0 Å². The fourth-order valence-electron chi connectivity index (χ4n) is 2.51. The Hall–Kier alpha value is -3.26. The Morgan fingerprint density at radius 1 is 1.14 bits per heavy atom. The monoisotopic (exact) mass is 417 g/mol. The van der Waals surface area contributed by atoms with Gasteiger partial charge in [-0.3, -0.25) is 4.79 Å². The number of likely N-dealkylation sites (N-methyl/N-ethyl adjacent to an activating group) is 1. The summed E-state index contributed by atoms with van der Waals surface area (Å²) in [6.45, 7) is 0.00729. The average Bonchev–Trinajstić information content (AvgIpc) is 3.19. The number of halogens is 1. The van der Waals surface area contributed by atoms with Gasteiger partial charge in [-0.25, -0.2) is 0 Å². The molecule has 0 saturated carbocycles. The minimum absolute atomic E-state index is 0.135. The Kier molecular flexibility index (Phi) is 6.56. The summed E-state index contributed by atoms with van der Waals surface area (Å²) in [5.74, 6) is 2.13. The zero-order chi connectivity index (χ0) is 20.8. The summed E-state index contributed by atoms with van der Waals surface area (Å²) >= 11 is 5.90. The second kappa shape index (κ2) is 9.29. The number of aromatic nitrogens is 2. The number of carbonyl (C=O) groups is 1. The van der Waals surface area contributed by atoms with Crippen molar-refractivity contribution in [2.45, 2.75) is 6.54 Å². The molecule has 0 aliphatic carbocycles. The normalized spacial score (nSPS) is 10.5. The van der Waals surface area contributed by atoms with E-state index in [0.29, 0.717) is 33.7 Å². The van der Waals surface area contributed by atoms with E-state index in [9.17, 15) is 4.79 Å². The van der Waals surface area contributed by atoms with E-state index >= 15 is 0 Å². The van der Waals surface area contributed by atoms with Crippen LogP contribution in [0, 0.1) is 0 Å². The predicted molar refractivity (Wildman–Crippen MR) is 106 cm³/mol. The molecule has 0 aliphatic heterocycles. The minimum atomic E-state index is -0.244. The highest BCUT2D eigenvalue weighted by Gasteiger charge is 2.17. The van der Waals surface area contributed by atoms with Crippen LogP contribution >= 0.6 is 11.6 Å². The summed E-state index contributed by atoms with van der Waals surface area (Å²) in [6.07, 6.45) is 0. The number of carbonyl (C=O) groups excluding carboxylic acids is 1. The van der Waals surface area contributed by atoms with Crippen LogP contribution in [0.5, 0.6) is 17.2 Å². The lowest BCUT2D eigenvalue weighted by Gasteiger charge is -2.15. The highest BCUT2D eigenvalue weighted by atomic mass is 35.5. The first-order valence-corrected chi connectivity index (χ1v) is 9.05. The molecule has 29 heavy (non-hydrogen) atoms. The molecule has 0 atom stereocenters. The molecular formula is C20H20ClN3O5. The number of hydrogen-bond donors (Lipinski definition) is 0. The van der Waals surface area contributed by atoms with Gasteiger partial charge in [-0.1, -0.05) is 22.8 Å². The van der Waals surface area contributed by atoms with Gasteiger partial charge in [0.15, 0.2) is 6.61 Å². The van der Waals surface area contributed by atoms with Crippen molar-refractivity contribution < 1.29 is 23.5 Å². The van der Waals surface area contributed by atoms with Gasteiger partial charge < -0.3 is 23.6 Å². The van der Waals surface area contributed by atoms with Gasteiger partial charge >= 0.3 is 0 Å². The topological polar surface area (TPSA) is 86.9 Å². The average molecular weight is 418 g/mol. The third kappa shape index (κ3) is 5.17. The molecule has 3 aromatic rings. The molecule has 0 radical (unpaired) electrons. The summed E-state index contributed by atoms with van der Waals surface area (Å²) in [6, 6.07) is 12.1. The molecule has 1 heterocycles. The molecule has 0 spiro atoms. The van der Waals surface area contributed by atoms with Gasteiger partial charge in [-0.15, -0.1) is 0 Å². The maximum absolute atomic E-state index is 12.3. The van der Waals surface area contributed by atoms with Crippen molar-refractivity contribution >= 4 is 17.5 Å². The van der Waals surface area contributed by atoms with E-state index in [1.807, 2.05) is 0 Å². The first kappa shape index (κ1) is 20.5. The number of benzene rings is 2. The predicted octanol–water partition coefficient (Wildman–Crippen LogP) is 3.44. The molecular weight excluding hydrogens is 398 g/mol. The zero-order valence-electron chi connectivity index (χ0n) is 16.2. The zero-order valence-corrected chi connectivity index (χ0v) is 17.0. The molecule has 0 unspecified atom stereocenters. The van der Waals surface area contributed by atoms with E-state index < -0.39 is 0 Å². The van der Waals surface area contributed by atoms with Crippen LogP contribution in [-0.4, -0.2) is 48.8 Å². The van der Waals surface area contributed by atoms with Crippen molar-refractivity contribution in [3.63, 3.8) is 0 Å². The Labute approximate surface area is 172 Å². The van der Waals surface area contributed by atoms with Crippen molar-refractivity contribution in [2.75, 3.05) is 27.9 Å². The van der Waals surface area contributed by atoms with E-state index in [1.165, 1.54) is 4.90 Å². The standard InChI is InChI=1S/C20H20ClN3O5/c1-24(19(25)12-28-15-6-4-5-13(21)9-15)11-18-22-20(23-29-18)16-8-7-14(26-2)10-17(16)27-3/h4-10H,11-12H2,1-3H3. The maximum atomic E-state index is 12.3. The largest absolute Gasteiger partial charge is 0.497 e.